The third kappa shape index (κ3) is 5.15. The Morgan fingerprint density at radius 3 is 2.47 bits per heavy atom. The van der Waals surface area contributed by atoms with E-state index in [0.29, 0.717) is 28.4 Å². The molecule has 0 saturated carbocycles. The van der Waals surface area contributed by atoms with Crippen molar-refractivity contribution in [1.82, 2.24) is 4.57 Å². The molecule has 8 nitrogen and oxygen atoms in total. The van der Waals surface area contributed by atoms with Gasteiger partial charge in [0.15, 0.2) is 11.4 Å². The predicted octanol–water partition coefficient (Wildman–Crippen LogP) is 2.44. The summed E-state index contributed by atoms with van der Waals surface area (Å²) in [5.41, 5.74) is 0.728. The van der Waals surface area contributed by atoms with Crippen LogP contribution in [0, 0.1) is 0 Å². The Kier molecular flexibility index (Phi) is 6.70. The van der Waals surface area contributed by atoms with Gasteiger partial charge in [0.2, 0.25) is 10.0 Å². The molecule has 0 bridgehead atoms. The first-order valence-corrected chi connectivity index (χ1v) is 11.4. The lowest BCUT2D eigenvalue weighted by Gasteiger charge is -2.06. The highest BCUT2D eigenvalue weighted by molar-refractivity contribution is 7.89. The van der Waals surface area contributed by atoms with Crippen molar-refractivity contribution >= 4 is 37.5 Å². The molecule has 158 valence electrons. The fourth-order valence-corrected chi connectivity index (χ4v) is 4.41. The number of allylic oxidation sites excluding steroid dienone is 1. The van der Waals surface area contributed by atoms with Crippen molar-refractivity contribution in [2.45, 2.75) is 18.4 Å². The Labute approximate surface area is 177 Å². The van der Waals surface area contributed by atoms with Gasteiger partial charge in [0.05, 0.1) is 21.7 Å². The van der Waals surface area contributed by atoms with E-state index in [-0.39, 0.29) is 11.5 Å². The number of primary sulfonamides is 1. The number of thiazole rings is 1. The first-order valence-electron chi connectivity index (χ1n) is 9.02. The highest BCUT2D eigenvalue weighted by Crippen LogP contribution is 2.21. The molecule has 0 fully saturated rings. The lowest BCUT2D eigenvalue weighted by Crippen LogP contribution is -2.19. The zero-order valence-electron chi connectivity index (χ0n) is 16.3. The Balaban J connectivity index is 1.85. The van der Waals surface area contributed by atoms with Gasteiger partial charge in [0.1, 0.15) is 11.5 Å². The highest BCUT2D eigenvalue weighted by atomic mass is 32.2. The van der Waals surface area contributed by atoms with Crippen LogP contribution in [0.2, 0.25) is 0 Å². The first-order chi connectivity index (χ1) is 14.3. The van der Waals surface area contributed by atoms with E-state index in [1.165, 1.54) is 23.5 Å². The molecule has 0 aliphatic rings. The molecule has 0 radical (unpaired) electrons. The molecular formula is C20H21N3O5S2. The third-order valence-corrected chi connectivity index (χ3v) is 5.96. The molecular weight excluding hydrogens is 426 g/mol. The normalized spacial score (nSPS) is 12.1. The van der Waals surface area contributed by atoms with Crippen LogP contribution in [0.1, 0.15) is 6.92 Å². The molecule has 2 aromatic carbocycles. The monoisotopic (exact) mass is 447 g/mol. The zero-order valence-corrected chi connectivity index (χ0v) is 17.9. The fourth-order valence-electron chi connectivity index (χ4n) is 2.70. The summed E-state index contributed by atoms with van der Waals surface area (Å²) in [6.45, 7) is 6.35. The van der Waals surface area contributed by atoms with Crippen LogP contribution in [0.25, 0.3) is 10.2 Å². The zero-order chi connectivity index (χ0) is 21.7. The second kappa shape index (κ2) is 9.24. The standard InChI is InChI=1S/C20H21N3O5S2/c1-3-11-23-17-10-9-16(30(21,25)26)12-18(17)29-20(23)22-19(24)13-28-15-7-5-14(6-8-15)27-4-2/h3,5-10,12H,1,4,11,13H2,2H3,(H2,21,25,26). The molecule has 0 atom stereocenters. The van der Waals surface area contributed by atoms with E-state index in [4.69, 9.17) is 14.6 Å². The summed E-state index contributed by atoms with van der Waals surface area (Å²) in [5.74, 6) is 0.769. The van der Waals surface area contributed by atoms with Gasteiger partial charge in [-0.25, -0.2) is 13.6 Å². The number of carbonyl (C=O) groups excluding carboxylic acids is 1. The van der Waals surface area contributed by atoms with Gasteiger partial charge < -0.3 is 14.0 Å². The average molecular weight is 448 g/mol. The Morgan fingerprint density at radius 2 is 1.87 bits per heavy atom. The van der Waals surface area contributed by atoms with Crippen molar-refractivity contribution in [3.63, 3.8) is 0 Å². The second-order valence-corrected chi connectivity index (χ2v) is 8.73. The molecule has 0 saturated heterocycles. The Morgan fingerprint density at radius 1 is 1.20 bits per heavy atom. The minimum Gasteiger partial charge on any atom is -0.494 e. The van der Waals surface area contributed by atoms with E-state index in [2.05, 4.69) is 11.6 Å². The van der Waals surface area contributed by atoms with Crippen LogP contribution in [-0.2, 0) is 21.4 Å². The number of fused-ring (bicyclic) bond motifs is 1. The van der Waals surface area contributed by atoms with E-state index >= 15 is 0 Å². The van der Waals surface area contributed by atoms with E-state index in [0.717, 1.165) is 11.3 Å². The number of amides is 1. The predicted molar refractivity (Wildman–Crippen MR) is 115 cm³/mol. The van der Waals surface area contributed by atoms with Crippen LogP contribution < -0.4 is 19.4 Å². The maximum absolute atomic E-state index is 12.3. The van der Waals surface area contributed by atoms with E-state index in [1.54, 1.807) is 41.0 Å². The smallest absolute Gasteiger partial charge is 0.286 e. The number of nitrogens with two attached hydrogens (primary N) is 1. The van der Waals surface area contributed by atoms with Crippen LogP contribution in [-0.4, -0.2) is 32.1 Å². The molecule has 0 spiro atoms. The van der Waals surface area contributed by atoms with E-state index < -0.39 is 15.9 Å². The van der Waals surface area contributed by atoms with Crippen LogP contribution in [0.15, 0.2) is 65.0 Å². The molecule has 0 unspecified atom stereocenters. The van der Waals surface area contributed by atoms with E-state index in [1.807, 2.05) is 6.92 Å². The number of carbonyl (C=O) groups is 1. The van der Waals surface area contributed by atoms with Crippen LogP contribution in [0.4, 0.5) is 0 Å². The minimum atomic E-state index is -3.83. The molecule has 3 aromatic rings. The summed E-state index contributed by atoms with van der Waals surface area (Å²) in [7, 11) is -3.83. The molecule has 1 aromatic heterocycles. The SMILES string of the molecule is C=CCn1c(=NC(=O)COc2ccc(OCC)cc2)sc2cc(S(N)(=O)=O)ccc21. The van der Waals surface area contributed by atoms with Crippen molar-refractivity contribution < 1.29 is 22.7 Å². The van der Waals surface area contributed by atoms with Crippen molar-refractivity contribution in [3.8, 4) is 11.5 Å². The van der Waals surface area contributed by atoms with Crippen LogP contribution in [0.5, 0.6) is 11.5 Å². The van der Waals surface area contributed by atoms with E-state index in [9.17, 15) is 13.2 Å². The molecule has 30 heavy (non-hydrogen) atoms. The van der Waals surface area contributed by atoms with Crippen molar-refractivity contribution in [3.05, 3.63) is 59.9 Å². The number of nitrogens with zero attached hydrogens (tertiary/aromatic N) is 2. The molecule has 0 aliphatic heterocycles. The number of hydrogen-bond donors (Lipinski definition) is 1. The number of benzene rings is 2. The number of ether oxygens (including phenoxy) is 2. The molecule has 2 N–H and O–H groups in total. The summed E-state index contributed by atoms with van der Waals surface area (Å²) < 4.78 is 36.5. The van der Waals surface area contributed by atoms with Gasteiger partial charge in [-0.05, 0) is 49.4 Å². The van der Waals surface area contributed by atoms with Crippen molar-refractivity contribution in [2.75, 3.05) is 13.2 Å². The quantitative estimate of drug-likeness (QED) is 0.533. The van der Waals surface area contributed by atoms with Crippen LogP contribution in [0.3, 0.4) is 0 Å². The molecule has 1 amide bonds. The summed E-state index contributed by atoms with van der Waals surface area (Å²) in [6.07, 6.45) is 1.67. The molecule has 10 heteroatoms. The Bertz CT molecular complexity index is 1240. The number of rotatable bonds is 8. The van der Waals surface area contributed by atoms with Gasteiger partial charge in [-0.3, -0.25) is 4.79 Å². The highest BCUT2D eigenvalue weighted by Gasteiger charge is 2.13. The number of aromatic nitrogens is 1. The minimum absolute atomic E-state index is 0.00119. The van der Waals surface area contributed by atoms with Gasteiger partial charge in [0, 0.05) is 6.54 Å². The average Bonchev–Trinajstić information content (AvgIpc) is 3.04. The third-order valence-electron chi connectivity index (χ3n) is 4.01. The van der Waals surface area contributed by atoms with Gasteiger partial charge in [-0.1, -0.05) is 17.4 Å². The topological polar surface area (TPSA) is 113 Å². The largest absolute Gasteiger partial charge is 0.494 e. The Hall–Kier alpha value is -2.95. The van der Waals surface area contributed by atoms with Gasteiger partial charge in [0.25, 0.3) is 5.91 Å². The van der Waals surface area contributed by atoms with Crippen molar-refractivity contribution in [1.29, 1.82) is 0 Å². The lowest BCUT2D eigenvalue weighted by molar-refractivity contribution is -0.120. The summed E-state index contributed by atoms with van der Waals surface area (Å²) in [5, 5.41) is 5.20. The van der Waals surface area contributed by atoms with Crippen LogP contribution >= 0.6 is 11.3 Å². The molecule has 3 rings (SSSR count). The van der Waals surface area contributed by atoms with Gasteiger partial charge >= 0.3 is 0 Å². The van der Waals surface area contributed by atoms with Crippen molar-refractivity contribution in [2.24, 2.45) is 10.1 Å². The maximum Gasteiger partial charge on any atom is 0.286 e. The first kappa shape index (κ1) is 21.8. The summed E-state index contributed by atoms with van der Waals surface area (Å²) in [4.78, 5) is 16.9. The summed E-state index contributed by atoms with van der Waals surface area (Å²) in [6, 6.07) is 11.5. The number of sulfonamides is 1. The van der Waals surface area contributed by atoms with Gasteiger partial charge in [-0.15, -0.1) is 6.58 Å². The lowest BCUT2D eigenvalue weighted by atomic mass is 10.3. The maximum atomic E-state index is 12.3. The molecule has 0 aliphatic carbocycles. The van der Waals surface area contributed by atoms with Gasteiger partial charge in [-0.2, -0.15) is 4.99 Å². The molecule has 1 heterocycles. The number of hydrogen-bond acceptors (Lipinski definition) is 6. The summed E-state index contributed by atoms with van der Waals surface area (Å²) >= 11 is 1.19. The second-order valence-electron chi connectivity index (χ2n) is 6.16. The fraction of sp³-hybridized carbons (Fsp3) is 0.200.